The maximum absolute atomic E-state index is 11.1. The van der Waals surface area contributed by atoms with Gasteiger partial charge < -0.3 is 16.2 Å². The summed E-state index contributed by atoms with van der Waals surface area (Å²) < 4.78 is 5.64. The van der Waals surface area contributed by atoms with Crippen LogP contribution >= 0.6 is 0 Å². The first-order valence-electron chi connectivity index (χ1n) is 6.28. The molecule has 0 bridgehead atoms. The van der Waals surface area contributed by atoms with Gasteiger partial charge in [0.2, 0.25) is 11.6 Å². The minimum absolute atomic E-state index is 0.00535. The van der Waals surface area contributed by atoms with Gasteiger partial charge in [-0.25, -0.2) is 4.98 Å². The maximum atomic E-state index is 11.1. The fourth-order valence-corrected chi connectivity index (χ4v) is 2.09. The van der Waals surface area contributed by atoms with Crippen LogP contribution in [-0.2, 0) is 0 Å². The molecule has 8 heteroatoms. The average molecular weight is 297 g/mol. The first-order valence-corrected chi connectivity index (χ1v) is 6.28. The molecule has 0 unspecified atom stereocenters. The minimum atomic E-state index is -0.634. The third kappa shape index (κ3) is 2.22. The SMILES string of the molecule is Nc1nccc(Oc2ccc(N)c3cccnc23)c1[N+](=O)[O-]. The van der Waals surface area contributed by atoms with Crippen molar-refractivity contribution in [2.75, 3.05) is 11.5 Å². The van der Waals surface area contributed by atoms with E-state index in [2.05, 4.69) is 9.97 Å². The molecule has 3 aromatic rings. The Morgan fingerprint density at radius 1 is 1.05 bits per heavy atom. The van der Waals surface area contributed by atoms with Crippen molar-refractivity contribution in [1.29, 1.82) is 0 Å². The molecule has 4 N–H and O–H groups in total. The molecule has 0 atom stereocenters. The third-order valence-corrected chi connectivity index (χ3v) is 3.08. The van der Waals surface area contributed by atoms with Crippen LogP contribution in [0.25, 0.3) is 10.9 Å². The lowest BCUT2D eigenvalue weighted by Crippen LogP contribution is -2.01. The van der Waals surface area contributed by atoms with Gasteiger partial charge in [-0.1, -0.05) is 0 Å². The number of ether oxygens (including phenoxy) is 1. The van der Waals surface area contributed by atoms with E-state index in [4.69, 9.17) is 16.2 Å². The summed E-state index contributed by atoms with van der Waals surface area (Å²) in [6, 6.07) is 8.16. The first kappa shape index (κ1) is 13.6. The van der Waals surface area contributed by atoms with Gasteiger partial charge in [-0.05, 0) is 24.3 Å². The molecule has 0 fully saturated rings. The molecule has 0 aliphatic heterocycles. The number of anilines is 2. The molecule has 0 aliphatic rings. The lowest BCUT2D eigenvalue weighted by atomic mass is 10.1. The topological polar surface area (TPSA) is 130 Å². The molecular weight excluding hydrogens is 286 g/mol. The Balaban J connectivity index is 2.14. The van der Waals surface area contributed by atoms with Crippen LogP contribution in [0.5, 0.6) is 11.5 Å². The second kappa shape index (κ2) is 5.17. The first-order chi connectivity index (χ1) is 10.6. The molecule has 22 heavy (non-hydrogen) atoms. The minimum Gasteiger partial charge on any atom is -0.448 e. The van der Waals surface area contributed by atoms with Crippen molar-refractivity contribution in [1.82, 2.24) is 9.97 Å². The van der Waals surface area contributed by atoms with E-state index in [1.54, 1.807) is 30.5 Å². The lowest BCUT2D eigenvalue weighted by molar-refractivity contribution is -0.384. The van der Waals surface area contributed by atoms with Gasteiger partial charge in [0.25, 0.3) is 0 Å². The molecule has 8 nitrogen and oxygen atoms in total. The van der Waals surface area contributed by atoms with Crippen molar-refractivity contribution in [3.8, 4) is 11.5 Å². The van der Waals surface area contributed by atoms with E-state index in [0.717, 1.165) is 0 Å². The Bertz CT molecular complexity index is 881. The van der Waals surface area contributed by atoms with Crippen LogP contribution in [0.3, 0.4) is 0 Å². The summed E-state index contributed by atoms with van der Waals surface area (Å²) in [5.74, 6) is 0.128. The number of hydrogen-bond donors (Lipinski definition) is 2. The van der Waals surface area contributed by atoms with Crippen LogP contribution in [0.2, 0.25) is 0 Å². The monoisotopic (exact) mass is 297 g/mol. The molecule has 0 saturated carbocycles. The van der Waals surface area contributed by atoms with Crippen LogP contribution in [0, 0.1) is 10.1 Å². The molecule has 1 aromatic carbocycles. The summed E-state index contributed by atoms with van der Waals surface area (Å²) in [4.78, 5) is 18.4. The van der Waals surface area contributed by atoms with Gasteiger partial charge in [0.1, 0.15) is 5.52 Å². The highest BCUT2D eigenvalue weighted by atomic mass is 16.6. The molecule has 110 valence electrons. The number of benzene rings is 1. The number of aromatic nitrogens is 2. The Morgan fingerprint density at radius 2 is 1.86 bits per heavy atom. The van der Waals surface area contributed by atoms with E-state index in [-0.39, 0.29) is 17.3 Å². The van der Waals surface area contributed by atoms with Crippen molar-refractivity contribution in [3.05, 3.63) is 52.8 Å². The zero-order valence-electron chi connectivity index (χ0n) is 11.3. The molecule has 2 heterocycles. The number of nitrogen functional groups attached to an aromatic ring is 2. The van der Waals surface area contributed by atoms with E-state index in [1.165, 1.54) is 12.3 Å². The Morgan fingerprint density at radius 3 is 2.64 bits per heavy atom. The van der Waals surface area contributed by atoms with Crippen LogP contribution in [0.1, 0.15) is 0 Å². The van der Waals surface area contributed by atoms with E-state index >= 15 is 0 Å². The van der Waals surface area contributed by atoms with Crippen LogP contribution < -0.4 is 16.2 Å². The molecule has 0 saturated heterocycles. The van der Waals surface area contributed by atoms with Crippen molar-refractivity contribution in [2.24, 2.45) is 0 Å². The predicted octanol–water partition coefficient (Wildman–Crippen LogP) is 2.49. The fourth-order valence-electron chi connectivity index (χ4n) is 2.09. The van der Waals surface area contributed by atoms with Gasteiger partial charge in [-0.3, -0.25) is 15.1 Å². The fraction of sp³-hybridized carbons (Fsp3) is 0. The maximum Gasteiger partial charge on any atom is 0.353 e. The molecule has 3 rings (SSSR count). The second-order valence-corrected chi connectivity index (χ2v) is 4.45. The average Bonchev–Trinajstić information content (AvgIpc) is 2.50. The number of hydrogen-bond acceptors (Lipinski definition) is 7. The van der Waals surface area contributed by atoms with Gasteiger partial charge in [-0.15, -0.1) is 0 Å². The quantitative estimate of drug-likeness (QED) is 0.431. The standard InChI is InChI=1S/C14H11N5O3/c15-9-3-4-10(12-8(9)2-1-6-17-12)22-11-5-7-18-14(16)13(11)19(20)21/h1-7H,15H2,(H2,16,18). The van der Waals surface area contributed by atoms with Crippen LogP contribution in [0.4, 0.5) is 17.2 Å². The predicted molar refractivity (Wildman–Crippen MR) is 81.5 cm³/mol. The number of pyridine rings is 2. The summed E-state index contributed by atoms with van der Waals surface area (Å²) in [7, 11) is 0. The number of nitrogens with zero attached hydrogens (tertiary/aromatic N) is 3. The summed E-state index contributed by atoms with van der Waals surface area (Å²) in [6.45, 7) is 0. The largest absolute Gasteiger partial charge is 0.448 e. The number of fused-ring (bicyclic) bond motifs is 1. The smallest absolute Gasteiger partial charge is 0.353 e. The lowest BCUT2D eigenvalue weighted by Gasteiger charge is -2.10. The van der Waals surface area contributed by atoms with Crippen molar-refractivity contribution in [2.45, 2.75) is 0 Å². The van der Waals surface area contributed by atoms with Crippen molar-refractivity contribution in [3.63, 3.8) is 0 Å². The highest BCUT2D eigenvalue weighted by Crippen LogP contribution is 2.37. The zero-order valence-corrected chi connectivity index (χ0v) is 11.3. The molecular formula is C14H11N5O3. The third-order valence-electron chi connectivity index (χ3n) is 3.08. The Labute approximate surface area is 124 Å². The van der Waals surface area contributed by atoms with Gasteiger partial charge in [0, 0.05) is 29.5 Å². The number of nitrogens with two attached hydrogens (primary N) is 2. The highest BCUT2D eigenvalue weighted by Gasteiger charge is 2.22. The van der Waals surface area contributed by atoms with E-state index in [9.17, 15) is 10.1 Å². The van der Waals surface area contributed by atoms with Crippen molar-refractivity contribution < 1.29 is 9.66 Å². The highest BCUT2D eigenvalue weighted by molar-refractivity contribution is 5.94. The van der Waals surface area contributed by atoms with Crippen LogP contribution in [0.15, 0.2) is 42.7 Å². The van der Waals surface area contributed by atoms with Gasteiger partial charge in [0.15, 0.2) is 5.75 Å². The molecule has 2 aromatic heterocycles. The number of rotatable bonds is 3. The van der Waals surface area contributed by atoms with Gasteiger partial charge in [-0.2, -0.15) is 0 Å². The summed E-state index contributed by atoms with van der Waals surface area (Å²) in [5, 5.41) is 11.8. The Hall–Kier alpha value is -3.42. The summed E-state index contributed by atoms with van der Waals surface area (Å²) >= 11 is 0. The van der Waals surface area contributed by atoms with E-state index < -0.39 is 4.92 Å². The molecule has 0 amide bonds. The molecule has 0 aliphatic carbocycles. The second-order valence-electron chi connectivity index (χ2n) is 4.45. The normalized spacial score (nSPS) is 10.5. The molecule has 0 spiro atoms. The number of nitro groups is 1. The Kier molecular flexibility index (Phi) is 3.18. The van der Waals surface area contributed by atoms with Crippen molar-refractivity contribution >= 4 is 28.1 Å². The van der Waals surface area contributed by atoms with E-state index in [0.29, 0.717) is 22.3 Å². The summed E-state index contributed by atoms with van der Waals surface area (Å²) in [5.41, 5.74) is 12.1. The van der Waals surface area contributed by atoms with Gasteiger partial charge in [0.05, 0.1) is 4.92 Å². The molecule has 0 radical (unpaired) electrons. The zero-order chi connectivity index (χ0) is 15.7. The van der Waals surface area contributed by atoms with E-state index in [1.807, 2.05) is 0 Å². The van der Waals surface area contributed by atoms with Crippen LogP contribution in [-0.4, -0.2) is 14.9 Å². The van der Waals surface area contributed by atoms with Gasteiger partial charge >= 0.3 is 5.69 Å². The summed E-state index contributed by atoms with van der Waals surface area (Å²) in [6.07, 6.45) is 2.93.